The van der Waals surface area contributed by atoms with Crippen LogP contribution in [0, 0.1) is 0 Å². The monoisotopic (exact) mass is 274 g/mol. The van der Waals surface area contributed by atoms with Crippen LogP contribution < -0.4 is 5.32 Å². The summed E-state index contributed by atoms with van der Waals surface area (Å²) in [6, 6.07) is 8.99. The number of allylic oxidation sites excluding steroid dienone is 1. The SMILES string of the molecule is CCCC(/C(C)=C/N(C)CC)c1cccc(CNC)c1. The van der Waals surface area contributed by atoms with Crippen LogP contribution in [0.25, 0.3) is 0 Å². The third-order valence-corrected chi connectivity index (χ3v) is 3.78. The first-order valence-electron chi connectivity index (χ1n) is 7.74. The van der Waals surface area contributed by atoms with Gasteiger partial charge in [-0.05, 0) is 50.2 Å². The minimum atomic E-state index is 0.533. The molecular weight excluding hydrogens is 244 g/mol. The second-order valence-electron chi connectivity index (χ2n) is 5.56. The van der Waals surface area contributed by atoms with E-state index in [1.54, 1.807) is 0 Å². The Morgan fingerprint density at radius 1 is 1.35 bits per heavy atom. The van der Waals surface area contributed by atoms with Crippen LogP contribution in [-0.2, 0) is 6.54 Å². The highest BCUT2D eigenvalue weighted by molar-refractivity contribution is 5.32. The molecule has 0 radical (unpaired) electrons. The van der Waals surface area contributed by atoms with E-state index in [-0.39, 0.29) is 0 Å². The van der Waals surface area contributed by atoms with Crippen molar-refractivity contribution in [2.45, 2.75) is 46.1 Å². The molecule has 112 valence electrons. The Balaban J connectivity index is 3.00. The van der Waals surface area contributed by atoms with E-state index in [4.69, 9.17) is 0 Å². The summed E-state index contributed by atoms with van der Waals surface area (Å²) in [6.07, 6.45) is 4.72. The molecule has 1 rings (SSSR count). The summed E-state index contributed by atoms with van der Waals surface area (Å²) in [5.41, 5.74) is 4.26. The van der Waals surface area contributed by atoms with Gasteiger partial charge in [0.1, 0.15) is 0 Å². The first-order chi connectivity index (χ1) is 9.62. The summed E-state index contributed by atoms with van der Waals surface area (Å²) in [6.45, 7) is 8.70. The fourth-order valence-electron chi connectivity index (χ4n) is 2.60. The molecule has 0 saturated carbocycles. The van der Waals surface area contributed by atoms with Gasteiger partial charge < -0.3 is 10.2 Å². The van der Waals surface area contributed by atoms with E-state index in [2.05, 4.69) is 68.5 Å². The number of nitrogens with one attached hydrogen (secondary N) is 1. The van der Waals surface area contributed by atoms with Gasteiger partial charge in [0.15, 0.2) is 0 Å². The summed E-state index contributed by atoms with van der Waals surface area (Å²) in [4.78, 5) is 2.26. The molecule has 1 unspecified atom stereocenters. The van der Waals surface area contributed by atoms with Crippen LogP contribution in [0.15, 0.2) is 36.0 Å². The van der Waals surface area contributed by atoms with Crippen LogP contribution in [0.1, 0.15) is 50.7 Å². The van der Waals surface area contributed by atoms with E-state index in [1.807, 2.05) is 7.05 Å². The predicted molar refractivity (Wildman–Crippen MR) is 88.9 cm³/mol. The zero-order valence-corrected chi connectivity index (χ0v) is 13.7. The molecule has 0 aliphatic heterocycles. The van der Waals surface area contributed by atoms with Crippen molar-refractivity contribution in [3.05, 3.63) is 47.2 Å². The average Bonchev–Trinajstić information content (AvgIpc) is 2.45. The number of rotatable bonds is 8. The summed E-state index contributed by atoms with van der Waals surface area (Å²) in [5, 5.41) is 3.23. The zero-order chi connectivity index (χ0) is 15.0. The van der Waals surface area contributed by atoms with Crippen molar-refractivity contribution < 1.29 is 0 Å². The summed E-state index contributed by atoms with van der Waals surface area (Å²) >= 11 is 0. The second kappa shape index (κ2) is 8.80. The zero-order valence-electron chi connectivity index (χ0n) is 13.7. The molecule has 0 saturated heterocycles. The largest absolute Gasteiger partial charge is 0.381 e. The Morgan fingerprint density at radius 3 is 2.70 bits per heavy atom. The third kappa shape index (κ3) is 5.01. The molecule has 1 aromatic rings. The standard InChI is InChI=1S/C18H30N2/c1-6-9-18(15(3)14-20(5)7-2)17-11-8-10-16(12-17)13-19-4/h8,10-12,14,18-19H,6-7,9,13H2,1-5H3/b15-14+. The van der Waals surface area contributed by atoms with Gasteiger partial charge in [0.05, 0.1) is 0 Å². The molecule has 20 heavy (non-hydrogen) atoms. The van der Waals surface area contributed by atoms with Crippen molar-refractivity contribution in [3.8, 4) is 0 Å². The van der Waals surface area contributed by atoms with Crippen LogP contribution in [-0.4, -0.2) is 25.5 Å². The van der Waals surface area contributed by atoms with Crippen LogP contribution in [0.3, 0.4) is 0 Å². The fraction of sp³-hybridized carbons (Fsp3) is 0.556. The van der Waals surface area contributed by atoms with Crippen molar-refractivity contribution in [2.24, 2.45) is 0 Å². The normalized spacial score (nSPS) is 13.3. The van der Waals surface area contributed by atoms with Crippen LogP contribution in [0.4, 0.5) is 0 Å². The van der Waals surface area contributed by atoms with Gasteiger partial charge in [0.2, 0.25) is 0 Å². The summed E-state index contributed by atoms with van der Waals surface area (Å²) in [7, 11) is 4.14. The maximum absolute atomic E-state index is 3.23. The van der Waals surface area contributed by atoms with E-state index < -0.39 is 0 Å². The minimum Gasteiger partial charge on any atom is -0.381 e. The first kappa shape index (κ1) is 16.8. The van der Waals surface area contributed by atoms with Gasteiger partial charge >= 0.3 is 0 Å². The van der Waals surface area contributed by atoms with E-state index in [0.29, 0.717) is 5.92 Å². The molecule has 1 N–H and O–H groups in total. The topological polar surface area (TPSA) is 15.3 Å². The van der Waals surface area contributed by atoms with Gasteiger partial charge in [0.25, 0.3) is 0 Å². The molecule has 0 fully saturated rings. The quantitative estimate of drug-likeness (QED) is 0.766. The summed E-state index contributed by atoms with van der Waals surface area (Å²) < 4.78 is 0. The van der Waals surface area contributed by atoms with Gasteiger partial charge in [-0.25, -0.2) is 0 Å². The maximum atomic E-state index is 3.23. The molecule has 0 bridgehead atoms. The van der Waals surface area contributed by atoms with Crippen LogP contribution in [0.5, 0.6) is 0 Å². The molecule has 2 nitrogen and oxygen atoms in total. The van der Waals surface area contributed by atoms with E-state index in [0.717, 1.165) is 13.1 Å². The molecule has 0 aliphatic rings. The van der Waals surface area contributed by atoms with Crippen LogP contribution in [0.2, 0.25) is 0 Å². The van der Waals surface area contributed by atoms with Gasteiger partial charge in [-0.1, -0.05) is 37.6 Å². The average molecular weight is 274 g/mol. The lowest BCUT2D eigenvalue weighted by Gasteiger charge is -2.21. The Morgan fingerprint density at radius 2 is 2.10 bits per heavy atom. The molecule has 1 aromatic carbocycles. The molecule has 0 aromatic heterocycles. The fourth-order valence-corrected chi connectivity index (χ4v) is 2.60. The van der Waals surface area contributed by atoms with Gasteiger partial charge in [-0.3, -0.25) is 0 Å². The molecule has 1 atom stereocenters. The summed E-state index contributed by atoms with van der Waals surface area (Å²) in [5.74, 6) is 0.533. The van der Waals surface area contributed by atoms with Gasteiger partial charge in [-0.2, -0.15) is 0 Å². The second-order valence-corrected chi connectivity index (χ2v) is 5.56. The molecule has 0 heterocycles. The highest BCUT2D eigenvalue weighted by atomic mass is 15.1. The first-order valence-corrected chi connectivity index (χ1v) is 7.74. The molecule has 0 spiro atoms. The lowest BCUT2D eigenvalue weighted by atomic mass is 9.87. The lowest BCUT2D eigenvalue weighted by molar-refractivity contribution is 0.474. The number of hydrogen-bond acceptors (Lipinski definition) is 2. The highest BCUT2D eigenvalue weighted by Gasteiger charge is 2.13. The maximum Gasteiger partial charge on any atom is 0.0202 e. The Hall–Kier alpha value is -1.28. The number of nitrogens with zero attached hydrogens (tertiary/aromatic N) is 1. The number of benzene rings is 1. The van der Waals surface area contributed by atoms with E-state index >= 15 is 0 Å². The lowest BCUT2D eigenvalue weighted by Crippen LogP contribution is -2.12. The smallest absolute Gasteiger partial charge is 0.0202 e. The van der Waals surface area contributed by atoms with E-state index in [1.165, 1.54) is 29.5 Å². The van der Waals surface area contributed by atoms with Crippen molar-refractivity contribution in [1.29, 1.82) is 0 Å². The molecule has 0 amide bonds. The predicted octanol–water partition coefficient (Wildman–Crippen LogP) is 4.15. The van der Waals surface area contributed by atoms with Crippen molar-refractivity contribution >= 4 is 0 Å². The Labute approximate surface area is 124 Å². The molecule has 0 aliphatic carbocycles. The highest BCUT2D eigenvalue weighted by Crippen LogP contribution is 2.29. The van der Waals surface area contributed by atoms with Crippen molar-refractivity contribution in [2.75, 3.05) is 20.6 Å². The Bertz CT molecular complexity index is 423. The van der Waals surface area contributed by atoms with E-state index in [9.17, 15) is 0 Å². The Kier molecular flexibility index (Phi) is 7.38. The number of hydrogen-bond donors (Lipinski definition) is 1. The van der Waals surface area contributed by atoms with Crippen molar-refractivity contribution in [3.63, 3.8) is 0 Å². The van der Waals surface area contributed by atoms with Crippen LogP contribution >= 0.6 is 0 Å². The molecular formula is C18H30N2. The van der Waals surface area contributed by atoms with Crippen molar-refractivity contribution in [1.82, 2.24) is 10.2 Å². The van der Waals surface area contributed by atoms with Gasteiger partial charge in [0, 0.05) is 26.1 Å². The molecule has 2 heteroatoms. The minimum absolute atomic E-state index is 0.533. The third-order valence-electron chi connectivity index (χ3n) is 3.78. The van der Waals surface area contributed by atoms with Gasteiger partial charge in [-0.15, -0.1) is 0 Å².